The maximum absolute atomic E-state index is 6.34. The summed E-state index contributed by atoms with van der Waals surface area (Å²) in [4.78, 5) is 2.03. The zero-order valence-corrected chi connectivity index (χ0v) is 13.6. The van der Waals surface area contributed by atoms with E-state index in [4.69, 9.17) is 28.6 Å². The molecule has 22 heavy (non-hydrogen) atoms. The number of nitrogens with zero attached hydrogens (tertiary/aromatic N) is 1. The minimum atomic E-state index is -0.549. The van der Waals surface area contributed by atoms with Crippen molar-refractivity contribution in [3.05, 3.63) is 59.1 Å². The van der Waals surface area contributed by atoms with E-state index < -0.39 is 5.72 Å². The van der Waals surface area contributed by atoms with Crippen molar-refractivity contribution < 1.29 is 4.74 Å². The molecule has 5 heteroatoms. The van der Waals surface area contributed by atoms with E-state index in [9.17, 15) is 0 Å². The molecule has 2 aliphatic rings. The Labute approximate surface area is 139 Å². The zero-order valence-electron chi connectivity index (χ0n) is 12.0. The minimum Gasteiger partial charge on any atom is -0.466 e. The number of ether oxygens (including phenoxy) is 1. The molecule has 0 spiro atoms. The van der Waals surface area contributed by atoms with Gasteiger partial charge in [-0.3, -0.25) is 4.90 Å². The Balaban J connectivity index is 1.84. The van der Waals surface area contributed by atoms with Gasteiger partial charge in [-0.1, -0.05) is 41.9 Å². The Hall–Kier alpha value is -1.78. The van der Waals surface area contributed by atoms with Gasteiger partial charge in [0.25, 0.3) is 0 Å². The van der Waals surface area contributed by atoms with Crippen molar-refractivity contribution in [2.75, 3.05) is 4.90 Å². The number of benzene rings is 2. The molecule has 2 aromatic carbocycles. The summed E-state index contributed by atoms with van der Waals surface area (Å²) in [6.07, 6.45) is 0.801. The van der Waals surface area contributed by atoms with Crippen LogP contribution in [0.25, 0.3) is 0 Å². The average molecular weight is 331 g/mol. The minimum absolute atomic E-state index is 0.125. The van der Waals surface area contributed by atoms with Gasteiger partial charge in [0.05, 0.1) is 11.1 Å². The van der Waals surface area contributed by atoms with Crippen LogP contribution in [0.4, 0.5) is 5.69 Å². The summed E-state index contributed by atoms with van der Waals surface area (Å²) in [5, 5.41) is 4.74. The molecule has 112 valence electrons. The number of rotatable bonds is 1. The van der Waals surface area contributed by atoms with E-state index >= 15 is 0 Å². The van der Waals surface area contributed by atoms with E-state index in [0.29, 0.717) is 10.1 Å². The zero-order chi connectivity index (χ0) is 15.3. The van der Waals surface area contributed by atoms with Crippen LogP contribution in [0, 0.1) is 0 Å². The number of fused-ring (bicyclic) bond motifs is 4. The van der Waals surface area contributed by atoms with E-state index in [0.717, 1.165) is 23.4 Å². The highest BCUT2D eigenvalue weighted by atomic mass is 35.5. The first-order valence-electron chi connectivity index (χ1n) is 7.22. The van der Waals surface area contributed by atoms with Gasteiger partial charge in [-0.2, -0.15) is 0 Å². The average Bonchev–Trinajstić information content (AvgIpc) is 2.49. The molecule has 1 N–H and O–H groups in total. The molecule has 0 aliphatic carbocycles. The highest BCUT2D eigenvalue weighted by Gasteiger charge is 2.48. The lowest BCUT2D eigenvalue weighted by Crippen LogP contribution is -2.65. The van der Waals surface area contributed by atoms with Crippen molar-refractivity contribution >= 4 is 34.6 Å². The third kappa shape index (κ3) is 1.98. The van der Waals surface area contributed by atoms with Gasteiger partial charge >= 0.3 is 0 Å². The summed E-state index contributed by atoms with van der Waals surface area (Å²) in [5.74, 6) is 0.749. The molecule has 2 bridgehead atoms. The molecule has 4 rings (SSSR count). The van der Waals surface area contributed by atoms with Gasteiger partial charge in [0.1, 0.15) is 5.75 Å². The SMILES string of the molecule is CC12CC(NC(=S)N1c1ccccc1)c1cccc(Cl)c1O2. The van der Waals surface area contributed by atoms with E-state index in [1.54, 1.807) is 0 Å². The smallest absolute Gasteiger partial charge is 0.188 e. The molecule has 2 atom stereocenters. The molecule has 0 amide bonds. The second kappa shape index (κ2) is 4.86. The number of hydrogen-bond acceptors (Lipinski definition) is 2. The molecule has 3 nitrogen and oxygen atoms in total. The second-order valence-electron chi connectivity index (χ2n) is 5.81. The number of halogens is 1. The van der Waals surface area contributed by atoms with Gasteiger partial charge in [0.2, 0.25) is 0 Å². The van der Waals surface area contributed by atoms with Gasteiger partial charge in [-0.15, -0.1) is 0 Å². The molecular weight excluding hydrogens is 316 g/mol. The number of thiocarbonyl (C=S) groups is 1. The molecule has 1 saturated heterocycles. The van der Waals surface area contributed by atoms with Gasteiger partial charge in [0, 0.05) is 17.7 Å². The van der Waals surface area contributed by atoms with Crippen molar-refractivity contribution in [3.8, 4) is 5.75 Å². The Morgan fingerprint density at radius 1 is 1.23 bits per heavy atom. The van der Waals surface area contributed by atoms with Crippen LogP contribution in [0.3, 0.4) is 0 Å². The first-order valence-corrected chi connectivity index (χ1v) is 8.00. The van der Waals surface area contributed by atoms with Crippen LogP contribution in [0.15, 0.2) is 48.5 Å². The lowest BCUT2D eigenvalue weighted by atomic mass is 9.90. The molecule has 2 aromatic rings. The van der Waals surface area contributed by atoms with E-state index in [1.807, 2.05) is 53.4 Å². The van der Waals surface area contributed by atoms with Crippen molar-refractivity contribution in [1.82, 2.24) is 5.32 Å². The number of hydrogen-bond donors (Lipinski definition) is 1. The maximum Gasteiger partial charge on any atom is 0.188 e. The van der Waals surface area contributed by atoms with Crippen LogP contribution >= 0.6 is 23.8 Å². The molecule has 2 aliphatic heterocycles. The summed E-state index contributed by atoms with van der Waals surface area (Å²) in [6.45, 7) is 2.06. The fraction of sp³-hybridized carbons (Fsp3) is 0.235. The van der Waals surface area contributed by atoms with Crippen LogP contribution in [-0.2, 0) is 0 Å². The number of anilines is 1. The first kappa shape index (κ1) is 13.9. The molecule has 2 heterocycles. The Morgan fingerprint density at radius 3 is 2.77 bits per heavy atom. The van der Waals surface area contributed by atoms with Crippen LogP contribution in [-0.4, -0.2) is 10.8 Å². The molecular formula is C17H15ClN2OS. The largest absolute Gasteiger partial charge is 0.466 e. The summed E-state index contributed by atoms with van der Waals surface area (Å²) in [6, 6.07) is 16.0. The molecule has 0 aromatic heterocycles. The molecule has 2 unspecified atom stereocenters. The third-order valence-corrected chi connectivity index (χ3v) is 4.86. The second-order valence-corrected chi connectivity index (χ2v) is 6.61. The predicted molar refractivity (Wildman–Crippen MR) is 92.5 cm³/mol. The number of nitrogens with one attached hydrogen (secondary N) is 1. The Kier molecular flexibility index (Phi) is 3.06. The summed E-state index contributed by atoms with van der Waals surface area (Å²) in [5.41, 5.74) is 1.53. The van der Waals surface area contributed by atoms with E-state index in [2.05, 4.69) is 12.2 Å². The van der Waals surface area contributed by atoms with Gasteiger partial charge in [0.15, 0.2) is 10.8 Å². The van der Waals surface area contributed by atoms with Crippen LogP contribution in [0.5, 0.6) is 5.75 Å². The normalized spacial score (nSPS) is 26.0. The molecule has 1 fully saturated rings. The van der Waals surface area contributed by atoms with Gasteiger partial charge < -0.3 is 10.1 Å². The van der Waals surface area contributed by atoms with Gasteiger partial charge in [-0.25, -0.2) is 0 Å². The van der Waals surface area contributed by atoms with Crippen molar-refractivity contribution in [2.45, 2.75) is 25.1 Å². The summed E-state index contributed by atoms with van der Waals surface area (Å²) in [7, 11) is 0. The van der Waals surface area contributed by atoms with E-state index in [-0.39, 0.29) is 6.04 Å². The Morgan fingerprint density at radius 2 is 2.00 bits per heavy atom. The van der Waals surface area contributed by atoms with Crippen LogP contribution in [0.1, 0.15) is 24.9 Å². The number of para-hydroxylation sites is 2. The van der Waals surface area contributed by atoms with Crippen molar-refractivity contribution in [3.63, 3.8) is 0 Å². The first-order chi connectivity index (χ1) is 10.6. The maximum atomic E-state index is 6.34. The lowest BCUT2D eigenvalue weighted by Gasteiger charge is -2.52. The highest BCUT2D eigenvalue weighted by molar-refractivity contribution is 7.80. The van der Waals surface area contributed by atoms with Crippen LogP contribution < -0.4 is 15.0 Å². The predicted octanol–water partition coefficient (Wildman–Crippen LogP) is 4.27. The van der Waals surface area contributed by atoms with E-state index in [1.165, 1.54) is 0 Å². The van der Waals surface area contributed by atoms with Crippen molar-refractivity contribution in [1.29, 1.82) is 0 Å². The summed E-state index contributed by atoms with van der Waals surface area (Å²) < 4.78 is 6.32. The monoisotopic (exact) mass is 330 g/mol. The fourth-order valence-electron chi connectivity index (χ4n) is 3.32. The molecule has 0 saturated carbocycles. The summed E-state index contributed by atoms with van der Waals surface area (Å²) >= 11 is 11.9. The Bertz CT molecular complexity index is 752. The quantitative estimate of drug-likeness (QED) is 0.789. The van der Waals surface area contributed by atoms with Gasteiger partial charge in [-0.05, 0) is 37.3 Å². The molecule has 0 radical (unpaired) electrons. The van der Waals surface area contributed by atoms with Crippen LogP contribution in [0.2, 0.25) is 5.02 Å². The third-order valence-electron chi connectivity index (χ3n) is 4.27. The van der Waals surface area contributed by atoms with Crippen molar-refractivity contribution in [2.24, 2.45) is 0 Å². The topological polar surface area (TPSA) is 24.5 Å². The lowest BCUT2D eigenvalue weighted by molar-refractivity contribution is 0.0499. The highest BCUT2D eigenvalue weighted by Crippen LogP contribution is 2.47. The standard InChI is InChI=1S/C17H15ClN2OS/c1-17-10-14(12-8-5-9-13(18)15(12)21-17)19-16(22)20(17)11-6-3-2-4-7-11/h2-9,14H,10H2,1H3,(H,19,22). The fourth-order valence-corrected chi connectivity index (χ4v) is 3.98.